The molecule has 9 heteroatoms. The summed E-state index contributed by atoms with van der Waals surface area (Å²) >= 11 is 0. The summed E-state index contributed by atoms with van der Waals surface area (Å²) < 4.78 is 14.3. The average Bonchev–Trinajstić information content (AvgIpc) is 2.84. The van der Waals surface area contributed by atoms with E-state index in [1.807, 2.05) is 22.8 Å². The van der Waals surface area contributed by atoms with Gasteiger partial charge in [0.05, 0.1) is 23.4 Å². The number of aromatic nitrogens is 2. The maximum absolute atomic E-state index is 14.3. The molecule has 4 rings (SSSR count). The highest BCUT2D eigenvalue weighted by Gasteiger charge is 2.31. The molecule has 2 aliphatic heterocycles. The predicted octanol–water partition coefficient (Wildman–Crippen LogP) is 1.35. The molecule has 1 aromatic heterocycles. The number of nitriles is 1. The zero-order chi connectivity index (χ0) is 21.8. The first-order chi connectivity index (χ1) is 15.1. The first kappa shape index (κ1) is 21.0. The quantitative estimate of drug-likeness (QED) is 0.734. The maximum Gasteiger partial charge on any atom is 0.239 e. The van der Waals surface area contributed by atoms with Crippen LogP contribution in [0.4, 0.5) is 16.0 Å². The van der Waals surface area contributed by atoms with Crippen molar-refractivity contribution in [2.75, 3.05) is 62.2 Å². The number of anilines is 2. The molecule has 8 nitrogen and oxygen atoms in total. The monoisotopic (exact) mass is 423 g/mol. The van der Waals surface area contributed by atoms with Crippen molar-refractivity contribution in [3.63, 3.8) is 0 Å². The van der Waals surface area contributed by atoms with Crippen LogP contribution in [0.1, 0.15) is 12.5 Å². The van der Waals surface area contributed by atoms with E-state index in [1.54, 1.807) is 30.6 Å². The van der Waals surface area contributed by atoms with Crippen molar-refractivity contribution in [1.82, 2.24) is 19.8 Å². The van der Waals surface area contributed by atoms with Gasteiger partial charge in [-0.25, -0.2) is 14.4 Å². The number of carbonyl (C=O) groups excluding carboxylic acids is 1. The van der Waals surface area contributed by atoms with Gasteiger partial charge in [-0.05, 0) is 31.2 Å². The van der Waals surface area contributed by atoms with Crippen molar-refractivity contribution in [3.8, 4) is 6.07 Å². The Labute approximate surface area is 181 Å². The average molecular weight is 423 g/mol. The highest BCUT2D eigenvalue weighted by atomic mass is 19.1. The van der Waals surface area contributed by atoms with Crippen LogP contribution in [0.3, 0.4) is 0 Å². The fourth-order valence-electron chi connectivity index (χ4n) is 4.18. The number of carbonyl (C=O) groups is 1. The van der Waals surface area contributed by atoms with E-state index in [4.69, 9.17) is 5.26 Å². The van der Waals surface area contributed by atoms with Gasteiger partial charge in [0.2, 0.25) is 11.9 Å². The van der Waals surface area contributed by atoms with Gasteiger partial charge < -0.3 is 14.7 Å². The molecule has 31 heavy (non-hydrogen) atoms. The minimum absolute atomic E-state index is 0.131. The van der Waals surface area contributed by atoms with Gasteiger partial charge >= 0.3 is 0 Å². The topological polar surface area (TPSA) is 79.6 Å². The zero-order valence-corrected chi connectivity index (χ0v) is 17.6. The smallest absolute Gasteiger partial charge is 0.239 e. The summed E-state index contributed by atoms with van der Waals surface area (Å²) in [5, 5.41) is 8.91. The van der Waals surface area contributed by atoms with Gasteiger partial charge in [-0.3, -0.25) is 9.69 Å². The van der Waals surface area contributed by atoms with Gasteiger partial charge in [-0.1, -0.05) is 0 Å². The molecule has 2 saturated heterocycles. The number of halogens is 1. The lowest BCUT2D eigenvalue weighted by molar-refractivity contribution is -0.136. The molecule has 1 unspecified atom stereocenters. The third-order valence-corrected chi connectivity index (χ3v) is 6.06. The van der Waals surface area contributed by atoms with E-state index >= 15 is 0 Å². The molecule has 0 saturated carbocycles. The molecular formula is C22H26FN7O. The Kier molecular flexibility index (Phi) is 6.28. The fourth-order valence-corrected chi connectivity index (χ4v) is 4.18. The highest BCUT2D eigenvalue weighted by Crippen LogP contribution is 2.23. The van der Waals surface area contributed by atoms with Crippen LogP contribution in [-0.2, 0) is 4.79 Å². The van der Waals surface area contributed by atoms with E-state index in [0.717, 1.165) is 0 Å². The fraction of sp³-hybridized carbons (Fsp3) is 0.455. The summed E-state index contributed by atoms with van der Waals surface area (Å²) in [5.41, 5.74) is 0.829. The van der Waals surface area contributed by atoms with Gasteiger partial charge in [-0.15, -0.1) is 0 Å². The first-order valence-electron chi connectivity index (χ1n) is 10.6. The van der Waals surface area contributed by atoms with Crippen LogP contribution in [-0.4, -0.2) is 84.1 Å². The zero-order valence-electron chi connectivity index (χ0n) is 17.6. The first-order valence-corrected chi connectivity index (χ1v) is 10.6. The van der Waals surface area contributed by atoms with Crippen LogP contribution in [0.5, 0.6) is 0 Å². The molecule has 162 valence electrons. The Hall–Kier alpha value is -3.25. The van der Waals surface area contributed by atoms with Gasteiger partial charge in [0.25, 0.3) is 0 Å². The molecule has 2 aromatic rings. The number of hydrogen-bond donors (Lipinski definition) is 0. The Balaban J connectivity index is 1.29. The van der Waals surface area contributed by atoms with E-state index in [-0.39, 0.29) is 17.8 Å². The Morgan fingerprint density at radius 2 is 1.68 bits per heavy atom. The van der Waals surface area contributed by atoms with Crippen molar-refractivity contribution in [2.24, 2.45) is 0 Å². The van der Waals surface area contributed by atoms with E-state index in [0.29, 0.717) is 69.6 Å². The number of nitrogens with zero attached hydrogens (tertiary/aromatic N) is 7. The van der Waals surface area contributed by atoms with Crippen LogP contribution < -0.4 is 9.80 Å². The van der Waals surface area contributed by atoms with Crippen LogP contribution in [0, 0.1) is 17.1 Å². The Bertz CT molecular complexity index is 948. The van der Waals surface area contributed by atoms with E-state index < -0.39 is 0 Å². The minimum atomic E-state index is -0.378. The third kappa shape index (κ3) is 4.59. The number of rotatable bonds is 4. The van der Waals surface area contributed by atoms with E-state index in [2.05, 4.69) is 19.8 Å². The molecule has 0 N–H and O–H groups in total. The third-order valence-electron chi connectivity index (χ3n) is 6.06. The van der Waals surface area contributed by atoms with Crippen LogP contribution in [0.2, 0.25) is 0 Å². The Morgan fingerprint density at radius 3 is 2.29 bits per heavy atom. The van der Waals surface area contributed by atoms with Crippen molar-refractivity contribution in [2.45, 2.75) is 13.0 Å². The largest absolute Gasteiger partial charge is 0.367 e. The second-order valence-corrected chi connectivity index (χ2v) is 7.84. The van der Waals surface area contributed by atoms with Crippen molar-refractivity contribution >= 4 is 17.5 Å². The highest BCUT2D eigenvalue weighted by molar-refractivity contribution is 5.81. The van der Waals surface area contributed by atoms with Crippen LogP contribution in [0.15, 0.2) is 36.7 Å². The second-order valence-electron chi connectivity index (χ2n) is 7.84. The molecule has 2 fully saturated rings. The second kappa shape index (κ2) is 9.27. The molecule has 0 radical (unpaired) electrons. The van der Waals surface area contributed by atoms with Crippen molar-refractivity contribution in [1.29, 1.82) is 5.26 Å². The molecule has 2 aliphatic rings. The van der Waals surface area contributed by atoms with Gasteiger partial charge in [0, 0.05) is 64.8 Å². The van der Waals surface area contributed by atoms with Gasteiger partial charge in [0.1, 0.15) is 5.82 Å². The van der Waals surface area contributed by atoms with E-state index in [1.165, 1.54) is 6.07 Å². The Morgan fingerprint density at radius 1 is 1.03 bits per heavy atom. The molecule has 1 aromatic carbocycles. The number of amides is 1. The van der Waals surface area contributed by atoms with Gasteiger partial charge in [-0.2, -0.15) is 5.26 Å². The SMILES string of the molecule is CC(C(=O)N1CCN(c2ncccn2)CC1)N1CCN(c2ccc(C#N)cc2F)CC1. The lowest BCUT2D eigenvalue weighted by atomic mass is 10.1. The minimum Gasteiger partial charge on any atom is -0.367 e. The standard InChI is InChI=1S/C22H26FN7O/c1-17(21(31)29-11-13-30(14-12-29)22-25-5-2-6-26-22)27-7-9-28(10-8-27)20-4-3-18(16-24)15-19(20)23/h2-6,15,17H,7-14H2,1H3. The number of hydrogen-bond acceptors (Lipinski definition) is 7. The molecule has 1 amide bonds. The molecule has 0 spiro atoms. The summed E-state index contributed by atoms with van der Waals surface area (Å²) in [6.07, 6.45) is 3.46. The normalized spacial score (nSPS) is 18.5. The summed E-state index contributed by atoms with van der Waals surface area (Å²) in [6, 6.07) is 8.10. The van der Waals surface area contributed by atoms with Gasteiger partial charge in [0.15, 0.2) is 0 Å². The molecule has 3 heterocycles. The number of benzene rings is 1. The van der Waals surface area contributed by atoms with Crippen LogP contribution in [0.25, 0.3) is 0 Å². The lowest BCUT2D eigenvalue weighted by Crippen LogP contribution is -2.57. The molecule has 1 atom stereocenters. The molecule has 0 aliphatic carbocycles. The van der Waals surface area contributed by atoms with Crippen molar-refractivity contribution < 1.29 is 9.18 Å². The molecular weight excluding hydrogens is 397 g/mol. The predicted molar refractivity (Wildman–Crippen MR) is 115 cm³/mol. The summed E-state index contributed by atoms with van der Waals surface area (Å²) in [7, 11) is 0. The van der Waals surface area contributed by atoms with E-state index in [9.17, 15) is 9.18 Å². The van der Waals surface area contributed by atoms with Crippen molar-refractivity contribution in [3.05, 3.63) is 48.0 Å². The molecule has 0 bridgehead atoms. The maximum atomic E-state index is 14.3. The summed E-state index contributed by atoms with van der Waals surface area (Å²) in [6.45, 7) is 7.33. The van der Waals surface area contributed by atoms with Crippen LogP contribution >= 0.6 is 0 Å². The lowest BCUT2D eigenvalue weighted by Gasteiger charge is -2.41. The number of piperazine rings is 2. The summed E-state index contributed by atoms with van der Waals surface area (Å²) in [4.78, 5) is 29.8. The summed E-state index contributed by atoms with van der Waals surface area (Å²) in [5.74, 6) is 0.456.